The van der Waals surface area contributed by atoms with Crippen LogP contribution in [-0.4, -0.2) is 17.0 Å². The molecule has 0 spiro atoms. The zero-order chi connectivity index (χ0) is 15.4. The smallest absolute Gasteiger partial charge is 0.330 e. The fraction of sp³-hybridized carbons (Fsp3) is 0.0667. The quantitative estimate of drug-likeness (QED) is 0.865. The number of amides is 1. The Labute approximate surface area is 134 Å². The molecule has 0 aliphatic rings. The van der Waals surface area contributed by atoms with Crippen LogP contribution in [0.1, 0.15) is 22.0 Å². The van der Waals surface area contributed by atoms with E-state index in [9.17, 15) is 14.7 Å². The molecule has 1 atom stereocenters. The predicted octanol–water partition coefficient (Wildman–Crippen LogP) is 3.66. The van der Waals surface area contributed by atoms with E-state index in [1.54, 1.807) is 48.5 Å². The van der Waals surface area contributed by atoms with Crippen LogP contribution in [0.5, 0.6) is 0 Å². The van der Waals surface area contributed by atoms with E-state index in [4.69, 9.17) is 11.6 Å². The Hall–Kier alpha value is -1.85. The Kier molecular flexibility index (Phi) is 4.98. The zero-order valence-corrected chi connectivity index (χ0v) is 13.1. The number of carbonyl (C=O) groups excluding carboxylic acids is 1. The standard InChI is InChI=1S/C15H11BrClNO3/c16-10-5-3-4-9(8-10)14(19)18-13(15(20)21)11-6-1-2-7-12(11)17/h1-8,13H,(H,18,19)(H,20,21)/t13-/m1/s1. The van der Waals surface area contributed by atoms with E-state index in [2.05, 4.69) is 21.2 Å². The monoisotopic (exact) mass is 367 g/mol. The summed E-state index contributed by atoms with van der Waals surface area (Å²) in [4.78, 5) is 23.6. The molecule has 0 unspecified atom stereocenters. The summed E-state index contributed by atoms with van der Waals surface area (Å²) in [5, 5.41) is 12.1. The van der Waals surface area contributed by atoms with E-state index in [0.29, 0.717) is 16.1 Å². The van der Waals surface area contributed by atoms with Gasteiger partial charge in [-0.25, -0.2) is 4.79 Å². The molecule has 0 saturated heterocycles. The first kappa shape index (κ1) is 15.5. The first-order chi connectivity index (χ1) is 9.99. The van der Waals surface area contributed by atoms with E-state index < -0.39 is 17.9 Å². The van der Waals surface area contributed by atoms with Gasteiger partial charge < -0.3 is 10.4 Å². The SMILES string of the molecule is O=C(N[C@@H](C(=O)O)c1ccccc1Cl)c1cccc(Br)c1. The molecule has 0 aromatic heterocycles. The van der Waals surface area contributed by atoms with Crippen molar-refractivity contribution in [2.24, 2.45) is 0 Å². The van der Waals surface area contributed by atoms with Crippen LogP contribution in [0.15, 0.2) is 53.0 Å². The van der Waals surface area contributed by atoms with Crippen LogP contribution < -0.4 is 5.32 Å². The molecule has 0 fully saturated rings. The molecule has 0 bridgehead atoms. The number of hydrogen-bond donors (Lipinski definition) is 2. The maximum absolute atomic E-state index is 12.2. The molecule has 4 nitrogen and oxygen atoms in total. The van der Waals surface area contributed by atoms with Crippen LogP contribution in [0, 0.1) is 0 Å². The molecule has 0 aliphatic heterocycles. The molecule has 2 aromatic rings. The lowest BCUT2D eigenvalue weighted by molar-refractivity contribution is -0.139. The average Bonchev–Trinajstić information content (AvgIpc) is 2.45. The van der Waals surface area contributed by atoms with Crippen molar-refractivity contribution in [2.45, 2.75) is 6.04 Å². The van der Waals surface area contributed by atoms with Gasteiger partial charge in [0, 0.05) is 20.6 Å². The van der Waals surface area contributed by atoms with Crippen LogP contribution in [-0.2, 0) is 4.79 Å². The number of benzene rings is 2. The van der Waals surface area contributed by atoms with Gasteiger partial charge in [0.05, 0.1) is 0 Å². The van der Waals surface area contributed by atoms with Gasteiger partial charge >= 0.3 is 5.97 Å². The summed E-state index contributed by atoms with van der Waals surface area (Å²) in [6.45, 7) is 0. The van der Waals surface area contributed by atoms with Crippen molar-refractivity contribution in [1.82, 2.24) is 5.32 Å². The van der Waals surface area contributed by atoms with Gasteiger partial charge in [0.2, 0.25) is 0 Å². The number of carbonyl (C=O) groups is 2. The van der Waals surface area contributed by atoms with Crippen molar-refractivity contribution < 1.29 is 14.7 Å². The maximum atomic E-state index is 12.2. The van der Waals surface area contributed by atoms with Crippen molar-refractivity contribution >= 4 is 39.4 Å². The van der Waals surface area contributed by atoms with Crippen LogP contribution in [0.2, 0.25) is 5.02 Å². The molecule has 2 aromatic carbocycles. The molecule has 2 rings (SSSR count). The molecule has 6 heteroatoms. The van der Waals surface area contributed by atoms with Crippen LogP contribution in [0.3, 0.4) is 0 Å². The van der Waals surface area contributed by atoms with Gasteiger partial charge in [-0.05, 0) is 24.3 Å². The summed E-state index contributed by atoms with van der Waals surface area (Å²) in [6, 6.07) is 12.0. The van der Waals surface area contributed by atoms with Crippen molar-refractivity contribution in [3.8, 4) is 0 Å². The number of nitrogens with one attached hydrogen (secondary N) is 1. The Morgan fingerprint density at radius 2 is 1.86 bits per heavy atom. The number of halogens is 2. The predicted molar refractivity (Wildman–Crippen MR) is 83.4 cm³/mol. The number of aliphatic carboxylic acids is 1. The molecule has 21 heavy (non-hydrogen) atoms. The van der Waals surface area contributed by atoms with Gasteiger partial charge in [0.15, 0.2) is 6.04 Å². The number of carboxylic acids is 1. The van der Waals surface area contributed by atoms with Crippen LogP contribution >= 0.6 is 27.5 Å². The number of carboxylic acid groups (broad SMARTS) is 1. The Morgan fingerprint density at radius 3 is 2.48 bits per heavy atom. The molecule has 0 saturated carbocycles. The molecule has 0 aliphatic carbocycles. The second-order valence-corrected chi connectivity index (χ2v) is 5.60. The second-order valence-electron chi connectivity index (χ2n) is 4.28. The lowest BCUT2D eigenvalue weighted by Gasteiger charge is -2.16. The normalized spacial score (nSPS) is 11.7. The highest BCUT2D eigenvalue weighted by atomic mass is 79.9. The van der Waals surface area contributed by atoms with Gasteiger partial charge in [-0.2, -0.15) is 0 Å². The maximum Gasteiger partial charge on any atom is 0.330 e. The Morgan fingerprint density at radius 1 is 1.14 bits per heavy atom. The second kappa shape index (κ2) is 6.74. The number of hydrogen-bond acceptors (Lipinski definition) is 2. The first-order valence-electron chi connectivity index (χ1n) is 6.02. The average molecular weight is 369 g/mol. The minimum absolute atomic E-state index is 0.291. The van der Waals surface area contributed by atoms with Gasteiger partial charge in [-0.1, -0.05) is 51.8 Å². The van der Waals surface area contributed by atoms with Gasteiger partial charge in [-0.3, -0.25) is 4.79 Å². The van der Waals surface area contributed by atoms with Gasteiger partial charge in [-0.15, -0.1) is 0 Å². The summed E-state index contributed by atoms with van der Waals surface area (Å²) in [5.41, 5.74) is 0.706. The topological polar surface area (TPSA) is 66.4 Å². The van der Waals surface area contributed by atoms with Crippen molar-refractivity contribution in [2.75, 3.05) is 0 Å². The molecular weight excluding hydrogens is 358 g/mol. The first-order valence-corrected chi connectivity index (χ1v) is 7.20. The third-order valence-corrected chi connectivity index (χ3v) is 3.66. The Bertz CT molecular complexity index is 690. The largest absolute Gasteiger partial charge is 0.479 e. The van der Waals surface area contributed by atoms with Crippen LogP contribution in [0.25, 0.3) is 0 Å². The van der Waals surface area contributed by atoms with Crippen molar-refractivity contribution in [3.05, 3.63) is 69.2 Å². The molecule has 2 N–H and O–H groups in total. The lowest BCUT2D eigenvalue weighted by atomic mass is 10.1. The third-order valence-electron chi connectivity index (χ3n) is 2.83. The van der Waals surface area contributed by atoms with E-state index in [1.807, 2.05) is 0 Å². The highest BCUT2D eigenvalue weighted by Gasteiger charge is 2.24. The minimum atomic E-state index is -1.20. The highest BCUT2D eigenvalue weighted by Crippen LogP contribution is 2.23. The van der Waals surface area contributed by atoms with Gasteiger partial charge in [0.1, 0.15) is 0 Å². The summed E-state index contributed by atoms with van der Waals surface area (Å²) in [7, 11) is 0. The van der Waals surface area contributed by atoms with Crippen LogP contribution in [0.4, 0.5) is 0 Å². The summed E-state index contributed by atoms with van der Waals surface area (Å²) >= 11 is 9.26. The van der Waals surface area contributed by atoms with Crippen molar-refractivity contribution in [3.63, 3.8) is 0 Å². The summed E-state index contributed by atoms with van der Waals surface area (Å²) < 4.78 is 0.736. The summed E-state index contributed by atoms with van der Waals surface area (Å²) in [5.74, 6) is -1.66. The minimum Gasteiger partial charge on any atom is -0.479 e. The van der Waals surface area contributed by atoms with E-state index >= 15 is 0 Å². The Balaban J connectivity index is 2.27. The third kappa shape index (κ3) is 3.83. The fourth-order valence-corrected chi connectivity index (χ4v) is 2.47. The van der Waals surface area contributed by atoms with Crippen molar-refractivity contribution in [1.29, 1.82) is 0 Å². The molecule has 1 amide bonds. The molecular formula is C15H11BrClNO3. The van der Waals surface area contributed by atoms with Gasteiger partial charge in [0.25, 0.3) is 5.91 Å². The van der Waals surface area contributed by atoms with E-state index in [0.717, 1.165) is 4.47 Å². The van der Waals surface area contributed by atoms with E-state index in [-0.39, 0.29) is 0 Å². The zero-order valence-electron chi connectivity index (χ0n) is 10.7. The number of rotatable bonds is 4. The molecule has 108 valence electrons. The fourth-order valence-electron chi connectivity index (χ4n) is 1.83. The molecule has 0 radical (unpaired) electrons. The highest BCUT2D eigenvalue weighted by molar-refractivity contribution is 9.10. The molecule has 0 heterocycles. The summed E-state index contributed by atoms with van der Waals surface area (Å²) in [6.07, 6.45) is 0. The van der Waals surface area contributed by atoms with E-state index in [1.165, 1.54) is 0 Å². The lowest BCUT2D eigenvalue weighted by Crippen LogP contribution is -2.33.